The molecular weight excluding hydrogens is 300 g/mol. The molecule has 3 rings (SSSR count). The summed E-state index contributed by atoms with van der Waals surface area (Å²) >= 11 is 1.46. The first-order valence-electron chi connectivity index (χ1n) is 7.49. The van der Waals surface area contributed by atoms with Gasteiger partial charge in [0.15, 0.2) is 5.13 Å². The van der Waals surface area contributed by atoms with Gasteiger partial charge in [-0.25, -0.2) is 9.97 Å². The lowest BCUT2D eigenvalue weighted by Crippen LogP contribution is -2.46. The van der Waals surface area contributed by atoms with E-state index in [1.807, 2.05) is 17.0 Å². The van der Waals surface area contributed by atoms with E-state index in [4.69, 9.17) is 0 Å². The molecule has 1 aliphatic rings. The van der Waals surface area contributed by atoms with Crippen LogP contribution in [0.2, 0.25) is 0 Å². The van der Waals surface area contributed by atoms with Crippen molar-refractivity contribution in [3.8, 4) is 0 Å². The zero-order valence-corrected chi connectivity index (χ0v) is 13.4. The maximum absolute atomic E-state index is 12.2. The summed E-state index contributed by atoms with van der Waals surface area (Å²) in [7, 11) is 0. The fourth-order valence-corrected chi connectivity index (χ4v) is 3.48. The molecule has 118 valence electrons. The van der Waals surface area contributed by atoms with Crippen LogP contribution in [0, 0.1) is 6.92 Å². The number of rotatable bonds is 5. The fraction of sp³-hybridized carbons (Fsp3) is 0.571. The fourth-order valence-electron chi connectivity index (χ4n) is 2.77. The quantitative estimate of drug-likeness (QED) is 0.904. The Bertz CT molecular complexity index is 611. The highest BCUT2D eigenvalue weighted by atomic mass is 32.1. The third-order valence-corrected chi connectivity index (χ3v) is 4.70. The summed E-state index contributed by atoms with van der Waals surface area (Å²) in [4.78, 5) is 22.7. The molecule has 1 amide bonds. The second kappa shape index (κ2) is 6.97. The lowest BCUT2D eigenvalue weighted by Gasteiger charge is -2.34. The number of nitrogens with one attached hydrogen (secondary N) is 1. The van der Waals surface area contributed by atoms with Gasteiger partial charge in [0.05, 0.1) is 18.8 Å². The lowest BCUT2D eigenvalue weighted by atomic mass is 10.0. The van der Waals surface area contributed by atoms with Gasteiger partial charge in [0.1, 0.15) is 12.7 Å². The van der Waals surface area contributed by atoms with Crippen molar-refractivity contribution in [1.29, 1.82) is 0 Å². The van der Waals surface area contributed by atoms with Crippen LogP contribution in [0.4, 0.5) is 5.13 Å². The zero-order valence-electron chi connectivity index (χ0n) is 12.6. The van der Waals surface area contributed by atoms with Gasteiger partial charge in [0.25, 0.3) is 0 Å². The molecule has 0 saturated carbocycles. The molecule has 3 heterocycles. The number of hydrogen-bond donors (Lipinski definition) is 1. The minimum absolute atomic E-state index is 0.000148. The average molecular weight is 320 g/mol. The molecule has 0 bridgehead atoms. The van der Waals surface area contributed by atoms with Crippen molar-refractivity contribution >= 4 is 22.4 Å². The number of nitrogens with zero attached hydrogens (tertiary/aromatic N) is 5. The second-order valence-corrected chi connectivity index (χ2v) is 6.44. The molecule has 1 atom stereocenters. The summed E-state index contributed by atoms with van der Waals surface area (Å²) in [6.07, 6.45) is 6.69. The molecule has 1 aliphatic heterocycles. The molecule has 8 heteroatoms. The number of piperidine rings is 1. The van der Waals surface area contributed by atoms with Crippen LogP contribution in [0.3, 0.4) is 0 Å². The molecule has 0 aromatic carbocycles. The Morgan fingerprint density at radius 3 is 3.14 bits per heavy atom. The van der Waals surface area contributed by atoms with Gasteiger partial charge in [-0.05, 0) is 26.3 Å². The number of likely N-dealkylation sites (tertiary alicyclic amines) is 1. The highest BCUT2D eigenvalue weighted by molar-refractivity contribution is 7.13. The van der Waals surface area contributed by atoms with Gasteiger partial charge in [-0.1, -0.05) is 6.42 Å². The number of anilines is 1. The van der Waals surface area contributed by atoms with Gasteiger partial charge in [-0.15, -0.1) is 11.3 Å². The van der Waals surface area contributed by atoms with Crippen molar-refractivity contribution < 1.29 is 4.79 Å². The number of thiazole rings is 1. The molecule has 0 unspecified atom stereocenters. The molecule has 2 aromatic heterocycles. The number of aryl methyl sites for hydroxylation is 1. The van der Waals surface area contributed by atoms with Gasteiger partial charge < -0.3 is 5.32 Å². The Morgan fingerprint density at radius 1 is 1.50 bits per heavy atom. The molecule has 2 aromatic rings. The second-order valence-electron chi connectivity index (χ2n) is 5.58. The van der Waals surface area contributed by atoms with Crippen molar-refractivity contribution in [2.24, 2.45) is 0 Å². The minimum Gasteiger partial charge on any atom is -0.301 e. The molecular formula is C14H20N6OS. The van der Waals surface area contributed by atoms with E-state index in [-0.39, 0.29) is 5.91 Å². The van der Waals surface area contributed by atoms with E-state index < -0.39 is 0 Å². The summed E-state index contributed by atoms with van der Waals surface area (Å²) < 4.78 is 1.84. The summed E-state index contributed by atoms with van der Waals surface area (Å²) in [5, 5.41) is 9.65. The molecule has 7 nitrogen and oxygen atoms in total. The van der Waals surface area contributed by atoms with Gasteiger partial charge in [-0.3, -0.25) is 14.4 Å². The van der Waals surface area contributed by atoms with Gasteiger partial charge in [0.2, 0.25) is 5.91 Å². The first kappa shape index (κ1) is 15.1. The van der Waals surface area contributed by atoms with Crippen LogP contribution in [0.1, 0.15) is 25.0 Å². The standard InChI is InChI=1S/C14H20N6OS/c1-11-8-22-14(17-11)18-13(21)7-19-5-3-2-4-12(19)6-20-10-15-9-16-20/h8-10,12H,2-7H2,1H3,(H,17,18,21)/t12-/m1/s1. The molecule has 0 spiro atoms. The molecule has 0 radical (unpaired) electrons. The summed E-state index contributed by atoms with van der Waals surface area (Å²) in [5.74, 6) is -0.000148. The number of carbonyl (C=O) groups is 1. The normalized spacial score (nSPS) is 19.2. The molecule has 1 saturated heterocycles. The van der Waals surface area contributed by atoms with E-state index in [2.05, 4.69) is 25.3 Å². The third-order valence-electron chi connectivity index (χ3n) is 3.83. The van der Waals surface area contributed by atoms with Crippen LogP contribution >= 0.6 is 11.3 Å². The Kier molecular flexibility index (Phi) is 4.79. The molecule has 1 N–H and O–H groups in total. The van der Waals surface area contributed by atoms with Crippen LogP contribution in [-0.4, -0.2) is 49.7 Å². The monoisotopic (exact) mass is 320 g/mol. The highest BCUT2D eigenvalue weighted by Gasteiger charge is 2.25. The van der Waals surface area contributed by atoms with E-state index in [0.29, 0.717) is 17.7 Å². The zero-order chi connectivity index (χ0) is 15.4. The van der Waals surface area contributed by atoms with Crippen LogP contribution < -0.4 is 5.32 Å². The Hall–Kier alpha value is -1.80. The van der Waals surface area contributed by atoms with Crippen LogP contribution in [-0.2, 0) is 11.3 Å². The number of carbonyl (C=O) groups excluding carboxylic acids is 1. The molecule has 1 fully saturated rings. The Balaban J connectivity index is 1.57. The lowest BCUT2D eigenvalue weighted by molar-refractivity contribution is -0.118. The number of amides is 1. The minimum atomic E-state index is -0.000148. The van der Waals surface area contributed by atoms with E-state index in [9.17, 15) is 4.79 Å². The summed E-state index contributed by atoms with van der Waals surface area (Å²) in [6, 6.07) is 0.333. The van der Waals surface area contributed by atoms with Crippen molar-refractivity contribution in [3.05, 3.63) is 23.7 Å². The Labute approximate surface area is 133 Å². The first-order chi connectivity index (χ1) is 10.7. The maximum Gasteiger partial charge on any atom is 0.240 e. The van der Waals surface area contributed by atoms with Crippen LogP contribution in [0.25, 0.3) is 0 Å². The highest BCUT2D eigenvalue weighted by Crippen LogP contribution is 2.19. The van der Waals surface area contributed by atoms with E-state index in [1.165, 1.54) is 17.8 Å². The SMILES string of the molecule is Cc1csc(NC(=O)CN2CCCC[C@@H]2Cn2cncn2)n1. The van der Waals surface area contributed by atoms with Crippen LogP contribution in [0.5, 0.6) is 0 Å². The number of aromatic nitrogens is 4. The van der Waals surface area contributed by atoms with Gasteiger partial charge in [0, 0.05) is 11.4 Å². The predicted molar refractivity (Wildman–Crippen MR) is 84.7 cm³/mol. The van der Waals surface area contributed by atoms with E-state index in [0.717, 1.165) is 31.6 Å². The summed E-state index contributed by atoms with van der Waals surface area (Å²) in [5.41, 5.74) is 0.933. The van der Waals surface area contributed by atoms with Crippen molar-refractivity contribution in [2.45, 2.75) is 38.8 Å². The van der Waals surface area contributed by atoms with Crippen molar-refractivity contribution in [2.75, 3.05) is 18.4 Å². The maximum atomic E-state index is 12.2. The van der Waals surface area contributed by atoms with E-state index >= 15 is 0 Å². The first-order valence-corrected chi connectivity index (χ1v) is 8.37. The topological polar surface area (TPSA) is 75.9 Å². The predicted octanol–water partition coefficient (Wildman–Crippen LogP) is 1.54. The van der Waals surface area contributed by atoms with Crippen LogP contribution in [0.15, 0.2) is 18.0 Å². The Morgan fingerprint density at radius 2 is 2.41 bits per heavy atom. The molecule has 22 heavy (non-hydrogen) atoms. The van der Waals surface area contributed by atoms with Crippen molar-refractivity contribution in [1.82, 2.24) is 24.6 Å². The van der Waals surface area contributed by atoms with Gasteiger partial charge in [-0.2, -0.15) is 5.10 Å². The average Bonchev–Trinajstić information content (AvgIpc) is 3.13. The summed E-state index contributed by atoms with van der Waals surface area (Å²) in [6.45, 7) is 4.05. The number of hydrogen-bond acceptors (Lipinski definition) is 6. The third kappa shape index (κ3) is 3.89. The largest absolute Gasteiger partial charge is 0.301 e. The molecule has 0 aliphatic carbocycles. The van der Waals surface area contributed by atoms with Gasteiger partial charge >= 0.3 is 0 Å². The smallest absolute Gasteiger partial charge is 0.240 e. The van der Waals surface area contributed by atoms with Crippen molar-refractivity contribution in [3.63, 3.8) is 0 Å². The van der Waals surface area contributed by atoms with E-state index in [1.54, 1.807) is 12.7 Å².